The van der Waals surface area contributed by atoms with Gasteiger partial charge in [0.15, 0.2) is 0 Å². The average Bonchev–Trinajstić information content (AvgIpc) is 2.13. The van der Waals surface area contributed by atoms with Gasteiger partial charge in [-0.2, -0.15) is 0 Å². The number of carbonyl (C=O) groups excluding carboxylic acids is 1. The molecule has 1 rings (SSSR count). The SMILES string of the molecule is CC(=O)Nc1coc(C)c1. The molecule has 54 valence electrons. The molecule has 0 bridgehead atoms. The molecule has 10 heavy (non-hydrogen) atoms. The molecule has 0 aliphatic heterocycles. The van der Waals surface area contributed by atoms with Crippen molar-refractivity contribution < 1.29 is 9.21 Å². The van der Waals surface area contributed by atoms with Crippen molar-refractivity contribution in [3.8, 4) is 0 Å². The van der Waals surface area contributed by atoms with Crippen molar-refractivity contribution in [2.45, 2.75) is 13.8 Å². The summed E-state index contributed by atoms with van der Waals surface area (Å²) in [6.07, 6.45) is 1.51. The number of rotatable bonds is 1. The number of furan rings is 1. The normalized spacial score (nSPS) is 9.40. The van der Waals surface area contributed by atoms with Crippen molar-refractivity contribution in [2.75, 3.05) is 5.32 Å². The second kappa shape index (κ2) is 2.56. The summed E-state index contributed by atoms with van der Waals surface area (Å²) in [4.78, 5) is 10.5. The molecule has 3 heteroatoms. The van der Waals surface area contributed by atoms with Gasteiger partial charge in [0.25, 0.3) is 0 Å². The largest absolute Gasteiger partial charge is 0.467 e. The monoisotopic (exact) mass is 139 g/mol. The van der Waals surface area contributed by atoms with Crippen LogP contribution < -0.4 is 5.32 Å². The van der Waals surface area contributed by atoms with E-state index in [1.807, 2.05) is 6.92 Å². The lowest BCUT2D eigenvalue weighted by molar-refractivity contribution is -0.114. The number of nitrogens with one attached hydrogen (secondary N) is 1. The maximum atomic E-state index is 10.5. The van der Waals surface area contributed by atoms with Gasteiger partial charge in [-0.3, -0.25) is 4.79 Å². The molecule has 0 spiro atoms. The van der Waals surface area contributed by atoms with E-state index in [2.05, 4.69) is 5.32 Å². The molecular weight excluding hydrogens is 130 g/mol. The third-order valence-corrected chi connectivity index (χ3v) is 1.05. The highest BCUT2D eigenvalue weighted by Gasteiger charge is 1.97. The quantitative estimate of drug-likeness (QED) is 0.641. The molecule has 0 saturated carbocycles. The Hall–Kier alpha value is -1.25. The second-order valence-corrected chi connectivity index (χ2v) is 2.13. The van der Waals surface area contributed by atoms with E-state index in [4.69, 9.17) is 4.42 Å². The van der Waals surface area contributed by atoms with Crippen LogP contribution in [0, 0.1) is 6.92 Å². The average molecular weight is 139 g/mol. The van der Waals surface area contributed by atoms with Crippen LogP contribution >= 0.6 is 0 Å². The van der Waals surface area contributed by atoms with Gasteiger partial charge in [0.2, 0.25) is 5.91 Å². The maximum Gasteiger partial charge on any atom is 0.221 e. The minimum atomic E-state index is -0.0826. The zero-order valence-electron chi connectivity index (χ0n) is 5.97. The molecule has 0 atom stereocenters. The highest BCUT2D eigenvalue weighted by Crippen LogP contribution is 2.10. The summed E-state index contributed by atoms with van der Waals surface area (Å²) in [6, 6.07) is 1.77. The first-order valence-electron chi connectivity index (χ1n) is 3.01. The van der Waals surface area contributed by atoms with Crippen LogP contribution in [-0.4, -0.2) is 5.91 Å². The molecule has 1 N–H and O–H groups in total. The number of carbonyl (C=O) groups is 1. The molecule has 0 fully saturated rings. The number of anilines is 1. The van der Waals surface area contributed by atoms with Crippen LogP contribution in [0.3, 0.4) is 0 Å². The Balaban J connectivity index is 2.67. The van der Waals surface area contributed by atoms with Crippen molar-refractivity contribution in [3.63, 3.8) is 0 Å². The van der Waals surface area contributed by atoms with Gasteiger partial charge in [0, 0.05) is 13.0 Å². The zero-order valence-corrected chi connectivity index (χ0v) is 5.97. The molecule has 0 saturated heterocycles. The van der Waals surface area contributed by atoms with Crippen molar-refractivity contribution in [1.29, 1.82) is 0 Å². The Labute approximate surface area is 59.0 Å². The van der Waals surface area contributed by atoms with Crippen molar-refractivity contribution in [2.24, 2.45) is 0 Å². The van der Waals surface area contributed by atoms with Gasteiger partial charge in [0.1, 0.15) is 12.0 Å². The third kappa shape index (κ3) is 1.62. The van der Waals surface area contributed by atoms with Gasteiger partial charge < -0.3 is 9.73 Å². The molecular formula is C7H9NO2. The van der Waals surface area contributed by atoms with Gasteiger partial charge in [-0.25, -0.2) is 0 Å². The first kappa shape index (κ1) is 6.86. The fourth-order valence-corrected chi connectivity index (χ4v) is 0.712. The molecule has 1 amide bonds. The zero-order chi connectivity index (χ0) is 7.56. The van der Waals surface area contributed by atoms with E-state index in [1.165, 1.54) is 13.2 Å². The Morgan fingerprint density at radius 1 is 1.70 bits per heavy atom. The molecule has 1 heterocycles. The lowest BCUT2D eigenvalue weighted by Crippen LogP contribution is -2.04. The smallest absolute Gasteiger partial charge is 0.221 e. The Morgan fingerprint density at radius 3 is 2.80 bits per heavy atom. The van der Waals surface area contributed by atoms with Crippen LogP contribution in [0.5, 0.6) is 0 Å². The maximum absolute atomic E-state index is 10.5. The van der Waals surface area contributed by atoms with Crippen molar-refractivity contribution in [1.82, 2.24) is 0 Å². The summed E-state index contributed by atoms with van der Waals surface area (Å²) >= 11 is 0. The predicted molar refractivity (Wildman–Crippen MR) is 37.7 cm³/mol. The number of amides is 1. The van der Waals surface area contributed by atoms with Crippen LogP contribution in [0.1, 0.15) is 12.7 Å². The van der Waals surface area contributed by atoms with Gasteiger partial charge >= 0.3 is 0 Å². The van der Waals surface area contributed by atoms with E-state index < -0.39 is 0 Å². The predicted octanol–water partition coefficient (Wildman–Crippen LogP) is 1.55. The fraction of sp³-hybridized carbons (Fsp3) is 0.286. The molecule has 0 radical (unpaired) electrons. The standard InChI is InChI=1S/C7H9NO2/c1-5-3-7(4-10-5)8-6(2)9/h3-4H,1-2H3,(H,8,9). The summed E-state index contributed by atoms with van der Waals surface area (Å²) in [6.45, 7) is 3.29. The van der Waals surface area contributed by atoms with E-state index in [1.54, 1.807) is 6.07 Å². The van der Waals surface area contributed by atoms with E-state index in [0.717, 1.165) is 5.76 Å². The van der Waals surface area contributed by atoms with Crippen LogP contribution in [-0.2, 0) is 4.79 Å². The molecule has 0 aliphatic rings. The molecule has 1 aromatic rings. The Kier molecular flexibility index (Phi) is 1.76. The highest BCUT2D eigenvalue weighted by molar-refractivity contribution is 5.88. The van der Waals surface area contributed by atoms with E-state index in [9.17, 15) is 4.79 Å². The fourth-order valence-electron chi connectivity index (χ4n) is 0.712. The van der Waals surface area contributed by atoms with E-state index in [-0.39, 0.29) is 5.91 Å². The van der Waals surface area contributed by atoms with Crippen LogP contribution in [0.4, 0.5) is 5.69 Å². The van der Waals surface area contributed by atoms with Gasteiger partial charge in [-0.05, 0) is 6.92 Å². The Bertz CT molecular complexity index is 240. The summed E-state index contributed by atoms with van der Waals surface area (Å²) in [5.41, 5.74) is 0.713. The molecule has 3 nitrogen and oxygen atoms in total. The van der Waals surface area contributed by atoms with Crippen molar-refractivity contribution >= 4 is 11.6 Å². The topological polar surface area (TPSA) is 42.2 Å². The van der Waals surface area contributed by atoms with Gasteiger partial charge in [0.05, 0.1) is 5.69 Å². The van der Waals surface area contributed by atoms with Gasteiger partial charge in [-0.1, -0.05) is 0 Å². The molecule has 1 aromatic heterocycles. The third-order valence-electron chi connectivity index (χ3n) is 1.05. The highest BCUT2D eigenvalue weighted by atomic mass is 16.3. The summed E-state index contributed by atoms with van der Waals surface area (Å²) in [5, 5.41) is 2.59. The van der Waals surface area contributed by atoms with Gasteiger partial charge in [-0.15, -0.1) is 0 Å². The molecule has 0 aliphatic carbocycles. The van der Waals surface area contributed by atoms with Crippen LogP contribution in [0.25, 0.3) is 0 Å². The summed E-state index contributed by atoms with van der Waals surface area (Å²) in [7, 11) is 0. The molecule has 0 aromatic carbocycles. The minimum absolute atomic E-state index is 0.0826. The lowest BCUT2D eigenvalue weighted by atomic mass is 10.4. The first-order chi connectivity index (χ1) is 4.68. The van der Waals surface area contributed by atoms with Crippen molar-refractivity contribution in [3.05, 3.63) is 18.1 Å². The first-order valence-corrected chi connectivity index (χ1v) is 3.01. The Morgan fingerprint density at radius 2 is 2.40 bits per heavy atom. The number of hydrogen-bond donors (Lipinski definition) is 1. The van der Waals surface area contributed by atoms with Crippen LogP contribution in [0.15, 0.2) is 16.7 Å². The number of hydrogen-bond acceptors (Lipinski definition) is 2. The summed E-state index contributed by atoms with van der Waals surface area (Å²) < 4.78 is 4.95. The van der Waals surface area contributed by atoms with E-state index >= 15 is 0 Å². The van der Waals surface area contributed by atoms with Crippen LogP contribution in [0.2, 0.25) is 0 Å². The number of aryl methyl sites for hydroxylation is 1. The minimum Gasteiger partial charge on any atom is -0.467 e. The lowest BCUT2D eigenvalue weighted by Gasteiger charge is -1.91. The second-order valence-electron chi connectivity index (χ2n) is 2.13. The summed E-state index contributed by atoms with van der Waals surface area (Å²) in [5.74, 6) is 0.713. The molecule has 0 unspecified atom stereocenters. The van der Waals surface area contributed by atoms with E-state index in [0.29, 0.717) is 5.69 Å².